The Bertz CT molecular complexity index is 685. The van der Waals surface area contributed by atoms with E-state index in [-0.39, 0.29) is 6.61 Å². The SMILES string of the molecule is Cc1cnc(CN(C/C=C\CN)Cc2ncccc2CO)c(C)c1. The molecule has 3 N–H and O–H groups in total. The van der Waals surface area contributed by atoms with Crippen LogP contribution in [0.15, 0.2) is 42.7 Å². The van der Waals surface area contributed by atoms with Gasteiger partial charge in [0.25, 0.3) is 0 Å². The van der Waals surface area contributed by atoms with Gasteiger partial charge in [0.15, 0.2) is 0 Å². The largest absolute Gasteiger partial charge is 0.392 e. The molecule has 0 amide bonds. The number of aliphatic hydroxyl groups is 1. The highest BCUT2D eigenvalue weighted by Crippen LogP contribution is 2.14. The van der Waals surface area contributed by atoms with Gasteiger partial charge in [-0.25, -0.2) is 0 Å². The predicted molar refractivity (Wildman–Crippen MR) is 96.2 cm³/mol. The lowest BCUT2D eigenvalue weighted by molar-refractivity contribution is 0.260. The van der Waals surface area contributed by atoms with Crippen LogP contribution in [0.2, 0.25) is 0 Å². The topological polar surface area (TPSA) is 75.3 Å². The normalized spacial score (nSPS) is 11.5. The van der Waals surface area contributed by atoms with Gasteiger partial charge in [-0.1, -0.05) is 24.3 Å². The monoisotopic (exact) mass is 326 g/mol. The highest BCUT2D eigenvalue weighted by molar-refractivity contribution is 5.24. The van der Waals surface area contributed by atoms with Gasteiger partial charge in [-0.2, -0.15) is 0 Å². The van der Waals surface area contributed by atoms with Gasteiger partial charge in [0, 0.05) is 44.1 Å². The fourth-order valence-electron chi connectivity index (χ4n) is 2.60. The maximum atomic E-state index is 9.51. The molecule has 0 radical (unpaired) electrons. The number of aryl methyl sites for hydroxylation is 2. The van der Waals surface area contributed by atoms with Crippen LogP contribution >= 0.6 is 0 Å². The Hall–Kier alpha value is -2.08. The molecule has 128 valence electrons. The van der Waals surface area contributed by atoms with Crippen molar-refractivity contribution in [3.05, 3.63) is 70.8 Å². The maximum Gasteiger partial charge on any atom is 0.0700 e. The molecule has 2 rings (SSSR count). The predicted octanol–water partition coefficient (Wildman–Crippen LogP) is 2.10. The molecule has 0 aliphatic carbocycles. The van der Waals surface area contributed by atoms with Crippen LogP contribution < -0.4 is 5.73 Å². The van der Waals surface area contributed by atoms with Crippen molar-refractivity contribution in [3.8, 4) is 0 Å². The Balaban J connectivity index is 2.19. The van der Waals surface area contributed by atoms with E-state index >= 15 is 0 Å². The summed E-state index contributed by atoms with van der Waals surface area (Å²) < 4.78 is 0. The molecule has 0 aromatic carbocycles. The Morgan fingerprint density at radius 3 is 2.67 bits per heavy atom. The smallest absolute Gasteiger partial charge is 0.0700 e. The van der Waals surface area contributed by atoms with Gasteiger partial charge in [0.05, 0.1) is 18.0 Å². The lowest BCUT2D eigenvalue weighted by Gasteiger charge is -2.22. The molecular formula is C19H26N4O. The number of hydrogen-bond donors (Lipinski definition) is 2. The molecule has 0 aliphatic heterocycles. The van der Waals surface area contributed by atoms with Gasteiger partial charge < -0.3 is 10.8 Å². The van der Waals surface area contributed by atoms with Crippen molar-refractivity contribution in [1.82, 2.24) is 14.9 Å². The van der Waals surface area contributed by atoms with Gasteiger partial charge >= 0.3 is 0 Å². The van der Waals surface area contributed by atoms with Crippen molar-refractivity contribution < 1.29 is 5.11 Å². The van der Waals surface area contributed by atoms with E-state index in [0.29, 0.717) is 13.1 Å². The van der Waals surface area contributed by atoms with Crippen LogP contribution in [0.4, 0.5) is 0 Å². The highest BCUT2D eigenvalue weighted by atomic mass is 16.3. The fourth-order valence-corrected chi connectivity index (χ4v) is 2.60. The van der Waals surface area contributed by atoms with Crippen LogP contribution in [0.25, 0.3) is 0 Å². The van der Waals surface area contributed by atoms with Crippen molar-refractivity contribution in [3.63, 3.8) is 0 Å². The van der Waals surface area contributed by atoms with E-state index < -0.39 is 0 Å². The van der Waals surface area contributed by atoms with Crippen LogP contribution in [-0.2, 0) is 19.7 Å². The zero-order valence-electron chi connectivity index (χ0n) is 14.4. The summed E-state index contributed by atoms with van der Waals surface area (Å²) in [5, 5.41) is 9.51. The molecule has 0 spiro atoms. The fraction of sp³-hybridized carbons (Fsp3) is 0.368. The molecule has 0 bridgehead atoms. The molecule has 5 heteroatoms. The van der Waals surface area contributed by atoms with Crippen molar-refractivity contribution in [2.45, 2.75) is 33.5 Å². The van der Waals surface area contributed by atoms with Crippen LogP contribution in [0.1, 0.15) is 28.1 Å². The highest BCUT2D eigenvalue weighted by Gasteiger charge is 2.12. The number of hydrogen-bond acceptors (Lipinski definition) is 5. The summed E-state index contributed by atoms with van der Waals surface area (Å²) in [6.45, 7) is 6.80. The second-order valence-corrected chi connectivity index (χ2v) is 5.92. The lowest BCUT2D eigenvalue weighted by atomic mass is 10.1. The van der Waals surface area contributed by atoms with Crippen LogP contribution in [0, 0.1) is 13.8 Å². The second-order valence-electron chi connectivity index (χ2n) is 5.92. The van der Waals surface area contributed by atoms with Crippen LogP contribution in [-0.4, -0.2) is 33.1 Å². The number of aliphatic hydroxyl groups excluding tert-OH is 1. The van der Waals surface area contributed by atoms with E-state index in [9.17, 15) is 5.11 Å². The van der Waals surface area contributed by atoms with Gasteiger partial charge in [0.1, 0.15) is 0 Å². The number of rotatable bonds is 8. The van der Waals surface area contributed by atoms with E-state index in [2.05, 4.69) is 33.9 Å². The number of nitrogens with zero attached hydrogens (tertiary/aromatic N) is 3. The first kappa shape index (κ1) is 18.3. The van der Waals surface area contributed by atoms with Crippen molar-refractivity contribution in [2.24, 2.45) is 5.73 Å². The quantitative estimate of drug-likeness (QED) is 0.727. The van der Waals surface area contributed by atoms with Gasteiger partial charge in [-0.3, -0.25) is 14.9 Å². The molecule has 24 heavy (non-hydrogen) atoms. The average Bonchev–Trinajstić information content (AvgIpc) is 2.58. The Morgan fingerprint density at radius 2 is 1.96 bits per heavy atom. The van der Waals surface area contributed by atoms with E-state index in [4.69, 9.17) is 5.73 Å². The third-order valence-corrected chi connectivity index (χ3v) is 3.89. The lowest BCUT2D eigenvalue weighted by Crippen LogP contribution is -2.25. The van der Waals surface area contributed by atoms with Crippen LogP contribution in [0.3, 0.4) is 0 Å². The zero-order valence-corrected chi connectivity index (χ0v) is 14.4. The third kappa shape index (κ3) is 5.23. The molecule has 0 saturated heterocycles. The van der Waals surface area contributed by atoms with E-state index in [1.165, 1.54) is 5.56 Å². The molecule has 0 saturated carbocycles. The van der Waals surface area contributed by atoms with E-state index in [0.717, 1.165) is 35.6 Å². The molecule has 5 nitrogen and oxygen atoms in total. The minimum atomic E-state index is -0.00252. The molecule has 0 atom stereocenters. The Morgan fingerprint density at radius 1 is 1.17 bits per heavy atom. The summed E-state index contributed by atoms with van der Waals surface area (Å²) >= 11 is 0. The summed E-state index contributed by atoms with van der Waals surface area (Å²) in [5.41, 5.74) is 10.7. The molecule has 2 aromatic rings. The van der Waals surface area contributed by atoms with Gasteiger partial charge in [-0.15, -0.1) is 0 Å². The number of aromatic nitrogens is 2. The molecular weight excluding hydrogens is 300 g/mol. The summed E-state index contributed by atoms with van der Waals surface area (Å²) in [4.78, 5) is 11.2. The standard InChI is InChI=1S/C19H26N4O/c1-15-10-16(2)18(22-11-15)12-23(9-4-3-7-20)13-19-17(14-24)6-5-8-21-19/h3-6,8,10-11,24H,7,9,12-14,20H2,1-2H3/b4-3-. The van der Waals surface area contributed by atoms with Crippen molar-refractivity contribution >= 4 is 0 Å². The first-order valence-electron chi connectivity index (χ1n) is 8.17. The number of nitrogens with two attached hydrogens (primary N) is 1. The Labute approximate surface area is 143 Å². The van der Waals surface area contributed by atoms with Crippen molar-refractivity contribution in [2.75, 3.05) is 13.1 Å². The summed E-state index contributed by atoms with van der Waals surface area (Å²) in [7, 11) is 0. The minimum Gasteiger partial charge on any atom is -0.392 e. The molecule has 2 heterocycles. The van der Waals surface area contributed by atoms with E-state index in [1.54, 1.807) is 6.20 Å². The zero-order chi connectivity index (χ0) is 17.4. The molecule has 2 aromatic heterocycles. The second kappa shape index (κ2) is 9.27. The van der Waals surface area contributed by atoms with E-state index in [1.807, 2.05) is 31.3 Å². The van der Waals surface area contributed by atoms with Gasteiger partial charge in [-0.05, 0) is 31.0 Å². The van der Waals surface area contributed by atoms with Gasteiger partial charge in [0.2, 0.25) is 0 Å². The maximum absolute atomic E-state index is 9.51. The van der Waals surface area contributed by atoms with Crippen molar-refractivity contribution in [1.29, 1.82) is 0 Å². The summed E-state index contributed by atoms with van der Waals surface area (Å²) in [5.74, 6) is 0. The minimum absolute atomic E-state index is 0.00252. The Kier molecular flexibility index (Phi) is 7.06. The molecule has 0 aliphatic rings. The summed E-state index contributed by atoms with van der Waals surface area (Å²) in [6, 6.07) is 5.90. The first-order valence-corrected chi connectivity index (χ1v) is 8.17. The first-order chi connectivity index (χ1) is 11.6. The average molecular weight is 326 g/mol. The molecule has 0 unspecified atom stereocenters. The van der Waals surface area contributed by atoms with Crippen LogP contribution in [0.5, 0.6) is 0 Å². The molecule has 0 fully saturated rings. The number of pyridine rings is 2. The summed E-state index contributed by atoms with van der Waals surface area (Å²) in [6.07, 6.45) is 7.67. The third-order valence-electron chi connectivity index (χ3n) is 3.89.